The van der Waals surface area contributed by atoms with E-state index in [1.807, 2.05) is 54.6 Å². The van der Waals surface area contributed by atoms with Gasteiger partial charge in [-0.2, -0.15) is 0 Å². The lowest BCUT2D eigenvalue weighted by atomic mass is 10.0. The Hall–Kier alpha value is -4.34. The van der Waals surface area contributed by atoms with Crippen LogP contribution in [-0.2, 0) is 36.9 Å². The number of esters is 1. The summed E-state index contributed by atoms with van der Waals surface area (Å²) in [5.74, 6) is -1.71. The van der Waals surface area contributed by atoms with E-state index >= 15 is 0 Å². The van der Waals surface area contributed by atoms with Crippen molar-refractivity contribution < 1.29 is 28.7 Å². The van der Waals surface area contributed by atoms with Gasteiger partial charge >= 0.3 is 12.1 Å². The molecule has 10 nitrogen and oxygen atoms in total. The first kappa shape index (κ1) is 26.3. The highest BCUT2D eigenvalue weighted by molar-refractivity contribution is 5.92. The third kappa shape index (κ3) is 7.59. The van der Waals surface area contributed by atoms with E-state index in [4.69, 9.17) is 9.47 Å². The van der Waals surface area contributed by atoms with Gasteiger partial charge in [0.05, 0.1) is 13.2 Å². The topological polar surface area (TPSA) is 139 Å². The fourth-order valence-corrected chi connectivity index (χ4v) is 3.55. The monoisotopic (exact) mass is 494 g/mol. The first-order valence-corrected chi connectivity index (χ1v) is 11.6. The first-order valence-electron chi connectivity index (χ1n) is 11.6. The highest BCUT2D eigenvalue weighted by Gasteiger charge is 2.24. The molecule has 0 bridgehead atoms. The van der Waals surface area contributed by atoms with Crippen LogP contribution in [0, 0.1) is 0 Å². The van der Waals surface area contributed by atoms with Gasteiger partial charge in [-0.15, -0.1) is 0 Å². The van der Waals surface area contributed by atoms with Crippen LogP contribution >= 0.6 is 0 Å². The number of aromatic amines is 1. The second-order valence-electron chi connectivity index (χ2n) is 8.08. The SMILES string of the molecule is CCOC(=O)C(C)NC(=O)CNC(=O)C(Cc1c[nH]c2ccccc12)NC(=O)OCc1ccccc1. The molecule has 3 rings (SSSR count). The van der Waals surface area contributed by atoms with E-state index in [2.05, 4.69) is 20.9 Å². The molecule has 0 aliphatic carbocycles. The van der Waals surface area contributed by atoms with E-state index in [9.17, 15) is 19.2 Å². The number of ether oxygens (including phenoxy) is 2. The van der Waals surface area contributed by atoms with Crippen LogP contribution in [0.4, 0.5) is 4.79 Å². The number of hydrogen-bond donors (Lipinski definition) is 4. The van der Waals surface area contributed by atoms with Crippen molar-refractivity contribution in [2.45, 2.75) is 39.0 Å². The van der Waals surface area contributed by atoms with E-state index in [-0.39, 0.29) is 26.2 Å². The Kier molecular flexibility index (Phi) is 9.44. The average molecular weight is 495 g/mol. The molecule has 1 heterocycles. The maximum atomic E-state index is 13.0. The minimum atomic E-state index is -1.01. The quantitative estimate of drug-likeness (QED) is 0.302. The molecule has 0 aliphatic heterocycles. The Morgan fingerprint density at radius 1 is 0.944 bits per heavy atom. The van der Waals surface area contributed by atoms with Crippen LogP contribution in [-0.4, -0.2) is 54.1 Å². The largest absolute Gasteiger partial charge is 0.464 e. The normalized spacial score (nSPS) is 12.3. The second-order valence-corrected chi connectivity index (χ2v) is 8.08. The molecule has 0 spiro atoms. The van der Waals surface area contributed by atoms with E-state index in [0.717, 1.165) is 22.0 Å². The van der Waals surface area contributed by atoms with E-state index in [0.29, 0.717) is 0 Å². The molecule has 0 radical (unpaired) electrons. The molecule has 2 aromatic carbocycles. The van der Waals surface area contributed by atoms with Crippen molar-refractivity contribution in [1.29, 1.82) is 0 Å². The van der Waals surface area contributed by atoms with E-state index in [1.54, 1.807) is 13.1 Å². The minimum Gasteiger partial charge on any atom is -0.464 e. The van der Waals surface area contributed by atoms with Crippen molar-refractivity contribution in [3.8, 4) is 0 Å². The van der Waals surface area contributed by atoms with Gasteiger partial charge in [0.15, 0.2) is 0 Å². The molecule has 0 saturated heterocycles. The van der Waals surface area contributed by atoms with Gasteiger partial charge in [-0.3, -0.25) is 9.59 Å². The van der Waals surface area contributed by atoms with Gasteiger partial charge in [0.25, 0.3) is 0 Å². The number of amides is 3. The average Bonchev–Trinajstić information content (AvgIpc) is 3.29. The summed E-state index contributed by atoms with van der Waals surface area (Å²) in [6.45, 7) is 3.01. The predicted molar refractivity (Wildman–Crippen MR) is 133 cm³/mol. The van der Waals surface area contributed by atoms with Crippen LogP contribution in [0.3, 0.4) is 0 Å². The van der Waals surface area contributed by atoms with Crippen molar-refractivity contribution in [3.05, 3.63) is 71.9 Å². The van der Waals surface area contributed by atoms with Crippen molar-refractivity contribution in [2.24, 2.45) is 0 Å². The van der Waals surface area contributed by atoms with Gasteiger partial charge in [0.1, 0.15) is 18.7 Å². The van der Waals surface area contributed by atoms with Gasteiger partial charge in [0, 0.05) is 23.5 Å². The third-order valence-electron chi connectivity index (χ3n) is 5.36. The molecule has 1 aromatic heterocycles. The molecule has 190 valence electrons. The van der Waals surface area contributed by atoms with Crippen LogP contribution in [0.5, 0.6) is 0 Å². The lowest BCUT2D eigenvalue weighted by Gasteiger charge is -2.19. The maximum absolute atomic E-state index is 13.0. The van der Waals surface area contributed by atoms with Crippen molar-refractivity contribution in [1.82, 2.24) is 20.9 Å². The van der Waals surface area contributed by atoms with Gasteiger partial charge in [-0.1, -0.05) is 48.5 Å². The Labute approximate surface area is 208 Å². The number of H-pyrrole nitrogens is 1. The summed E-state index contributed by atoms with van der Waals surface area (Å²) in [6.07, 6.45) is 1.17. The van der Waals surface area contributed by atoms with E-state index < -0.39 is 36.0 Å². The Morgan fingerprint density at radius 2 is 1.67 bits per heavy atom. The summed E-state index contributed by atoms with van der Waals surface area (Å²) in [6, 6.07) is 14.9. The summed E-state index contributed by atoms with van der Waals surface area (Å²) >= 11 is 0. The molecule has 10 heteroatoms. The van der Waals surface area contributed by atoms with Gasteiger partial charge in [-0.05, 0) is 31.0 Å². The summed E-state index contributed by atoms with van der Waals surface area (Å²) in [7, 11) is 0. The fraction of sp³-hybridized carbons (Fsp3) is 0.308. The summed E-state index contributed by atoms with van der Waals surface area (Å²) in [5.41, 5.74) is 2.51. The van der Waals surface area contributed by atoms with Gasteiger partial charge in [-0.25, -0.2) is 9.59 Å². The number of aromatic nitrogens is 1. The van der Waals surface area contributed by atoms with Crippen LogP contribution in [0.25, 0.3) is 10.9 Å². The van der Waals surface area contributed by atoms with Crippen LogP contribution in [0.2, 0.25) is 0 Å². The molecule has 0 saturated carbocycles. The Morgan fingerprint density at radius 3 is 2.42 bits per heavy atom. The molecule has 3 aromatic rings. The van der Waals surface area contributed by atoms with Crippen molar-refractivity contribution in [3.63, 3.8) is 0 Å². The zero-order chi connectivity index (χ0) is 25.9. The summed E-state index contributed by atoms with van der Waals surface area (Å²) < 4.78 is 10.1. The highest BCUT2D eigenvalue weighted by Crippen LogP contribution is 2.19. The molecule has 4 N–H and O–H groups in total. The molecule has 2 unspecified atom stereocenters. The smallest absolute Gasteiger partial charge is 0.408 e. The third-order valence-corrected chi connectivity index (χ3v) is 5.36. The minimum absolute atomic E-state index is 0.0439. The van der Waals surface area contributed by atoms with Gasteiger partial charge in [0.2, 0.25) is 11.8 Å². The van der Waals surface area contributed by atoms with Crippen LogP contribution in [0.1, 0.15) is 25.0 Å². The molecule has 0 fully saturated rings. The molecule has 3 amide bonds. The van der Waals surface area contributed by atoms with Crippen molar-refractivity contribution >= 4 is 34.8 Å². The number of para-hydroxylation sites is 1. The van der Waals surface area contributed by atoms with Gasteiger partial charge < -0.3 is 30.4 Å². The lowest BCUT2D eigenvalue weighted by Crippen LogP contribution is -2.51. The second kappa shape index (κ2) is 12.9. The first-order chi connectivity index (χ1) is 17.4. The van der Waals surface area contributed by atoms with Crippen LogP contribution in [0.15, 0.2) is 60.8 Å². The number of nitrogens with one attached hydrogen (secondary N) is 4. The number of fused-ring (bicyclic) bond motifs is 1. The van der Waals surface area contributed by atoms with Crippen LogP contribution < -0.4 is 16.0 Å². The number of hydrogen-bond acceptors (Lipinski definition) is 6. The molecular weight excluding hydrogens is 464 g/mol. The fourth-order valence-electron chi connectivity index (χ4n) is 3.55. The van der Waals surface area contributed by atoms with Crippen molar-refractivity contribution in [2.75, 3.05) is 13.2 Å². The number of alkyl carbamates (subject to hydrolysis) is 1. The Bertz CT molecular complexity index is 1190. The molecule has 2 atom stereocenters. The zero-order valence-electron chi connectivity index (χ0n) is 20.2. The lowest BCUT2D eigenvalue weighted by molar-refractivity contribution is -0.146. The predicted octanol–water partition coefficient (Wildman–Crippen LogP) is 2.19. The number of rotatable bonds is 11. The summed E-state index contributed by atoms with van der Waals surface area (Å²) in [5, 5.41) is 8.49. The Balaban J connectivity index is 1.63. The number of carbonyl (C=O) groups excluding carboxylic acids is 4. The summed E-state index contributed by atoms with van der Waals surface area (Å²) in [4.78, 5) is 52.5. The number of carbonyl (C=O) groups is 4. The molecule has 36 heavy (non-hydrogen) atoms. The maximum Gasteiger partial charge on any atom is 0.408 e. The molecular formula is C26H30N4O6. The molecule has 0 aliphatic rings. The van der Waals surface area contributed by atoms with E-state index in [1.165, 1.54) is 6.92 Å². The number of benzene rings is 2. The highest BCUT2D eigenvalue weighted by atomic mass is 16.5. The standard InChI is InChI=1S/C26H30N4O6/c1-3-35-25(33)17(2)29-23(31)15-28-24(32)22(13-19-14-27-21-12-8-7-11-20(19)21)30-26(34)36-16-18-9-5-4-6-10-18/h4-12,14,17,22,27H,3,13,15-16H2,1-2H3,(H,28,32)(H,29,31)(H,30,34). The zero-order valence-corrected chi connectivity index (χ0v) is 20.2.